The highest BCUT2D eigenvalue weighted by Crippen LogP contribution is 2.31. The van der Waals surface area contributed by atoms with Crippen LogP contribution in [-0.2, 0) is 35.6 Å². The number of hydrogen-bond acceptors (Lipinski definition) is 7. The second-order valence-corrected chi connectivity index (χ2v) is 11.2. The SMILES string of the molecule is CCc1cc(-c2cc(NC(=O)Cc3cccc(C(F)(F)F)c3)nn2C)cc2cnc(N[C@H]3CC[C@H](NCCOC)CC3)nc12. The summed E-state index contributed by atoms with van der Waals surface area (Å²) in [5, 5.41) is 15.1. The monoisotopic (exact) mass is 609 g/mol. The Morgan fingerprint density at radius 3 is 2.59 bits per heavy atom. The molecule has 12 heteroatoms. The maximum atomic E-state index is 13.1. The summed E-state index contributed by atoms with van der Waals surface area (Å²) >= 11 is 0. The number of amides is 1. The molecule has 2 aromatic carbocycles. The van der Waals surface area contributed by atoms with Gasteiger partial charge in [-0.3, -0.25) is 9.48 Å². The number of halogens is 3. The highest BCUT2D eigenvalue weighted by Gasteiger charge is 2.30. The first kappa shape index (κ1) is 31.4. The Morgan fingerprint density at radius 2 is 1.86 bits per heavy atom. The van der Waals surface area contributed by atoms with E-state index >= 15 is 0 Å². The number of benzene rings is 2. The molecule has 1 aliphatic carbocycles. The van der Waals surface area contributed by atoms with Gasteiger partial charge in [0.2, 0.25) is 11.9 Å². The van der Waals surface area contributed by atoms with Gasteiger partial charge in [0, 0.05) is 56.0 Å². The fraction of sp³-hybridized carbons (Fsp3) is 0.438. The fourth-order valence-corrected chi connectivity index (χ4v) is 5.72. The van der Waals surface area contributed by atoms with Crippen molar-refractivity contribution in [3.8, 4) is 11.3 Å². The van der Waals surface area contributed by atoms with Crippen LogP contribution in [0.1, 0.15) is 49.3 Å². The minimum Gasteiger partial charge on any atom is -0.383 e. The Hall–Kier alpha value is -4.03. The number of fused-ring (bicyclic) bond motifs is 1. The third kappa shape index (κ3) is 7.72. The van der Waals surface area contributed by atoms with E-state index in [4.69, 9.17) is 9.72 Å². The molecule has 0 spiro atoms. The van der Waals surface area contributed by atoms with Crippen molar-refractivity contribution in [2.24, 2.45) is 7.05 Å². The Kier molecular flexibility index (Phi) is 9.80. The first-order valence-electron chi connectivity index (χ1n) is 14.9. The van der Waals surface area contributed by atoms with E-state index in [2.05, 4.69) is 39.0 Å². The number of methoxy groups -OCH3 is 1. The smallest absolute Gasteiger partial charge is 0.383 e. The van der Waals surface area contributed by atoms with Crippen molar-refractivity contribution in [3.05, 3.63) is 65.4 Å². The van der Waals surface area contributed by atoms with Gasteiger partial charge < -0.3 is 20.7 Å². The van der Waals surface area contributed by atoms with Gasteiger partial charge in [-0.1, -0.05) is 25.1 Å². The van der Waals surface area contributed by atoms with Crippen LogP contribution in [0.5, 0.6) is 0 Å². The standard InChI is InChI=1S/C32H38F3N7O2/c1-4-21-16-22(17-23-19-37-31(40-30(21)23)38-26-10-8-25(9-11-26)36-12-13-44-3)27-18-28(41-42(27)2)39-29(43)15-20-6-5-7-24(14-20)32(33,34)35/h5-7,14,16-19,25-26,36H,4,8-13,15H2,1-3H3,(H,37,38,40)(H,39,41,43)/t25-,26-. The number of anilines is 2. The number of carbonyl (C=O) groups excluding carboxylic acids is 1. The predicted octanol–water partition coefficient (Wildman–Crippen LogP) is 5.75. The first-order valence-corrected chi connectivity index (χ1v) is 14.9. The van der Waals surface area contributed by atoms with E-state index in [9.17, 15) is 18.0 Å². The number of hydrogen-bond donors (Lipinski definition) is 3. The van der Waals surface area contributed by atoms with E-state index in [1.807, 2.05) is 12.3 Å². The van der Waals surface area contributed by atoms with Crippen molar-refractivity contribution >= 4 is 28.6 Å². The fourth-order valence-electron chi connectivity index (χ4n) is 5.72. The third-order valence-electron chi connectivity index (χ3n) is 8.00. The minimum absolute atomic E-state index is 0.202. The molecule has 234 valence electrons. The number of nitrogens with zero attached hydrogens (tertiary/aromatic N) is 4. The van der Waals surface area contributed by atoms with Gasteiger partial charge in [-0.2, -0.15) is 18.3 Å². The average Bonchev–Trinajstić information content (AvgIpc) is 3.36. The molecule has 3 N–H and O–H groups in total. The van der Waals surface area contributed by atoms with E-state index in [0.29, 0.717) is 23.8 Å². The lowest BCUT2D eigenvalue weighted by Crippen LogP contribution is -2.38. The number of carbonyl (C=O) groups is 1. The lowest BCUT2D eigenvalue weighted by Gasteiger charge is -2.29. The van der Waals surface area contributed by atoms with E-state index in [1.54, 1.807) is 24.9 Å². The van der Waals surface area contributed by atoms with Gasteiger partial charge in [0.05, 0.1) is 29.8 Å². The Balaban J connectivity index is 1.26. The van der Waals surface area contributed by atoms with Crippen LogP contribution in [0, 0.1) is 0 Å². The van der Waals surface area contributed by atoms with Gasteiger partial charge >= 0.3 is 6.18 Å². The van der Waals surface area contributed by atoms with Gasteiger partial charge in [0.15, 0.2) is 5.82 Å². The topological polar surface area (TPSA) is 106 Å². The van der Waals surface area contributed by atoms with Crippen LogP contribution in [0.2, 0.25) is 0 Å². The molecule has 1 amide bonds. The van der Waals surface area contributed by atoms with Crippen molar-refractivity contribution < 1.29 is 22.7 Å². The van der Waals surface area contributed by atoms with E-state index < -0.39 is 17.6 Å². The largest absolute Gasteiger partial charge is 0.416 e. The summed E-state index contributed by atoms with van der Waals surface area (Å²) in [7, 11) is 3.49. The van der Waals surface area contributed by atoms with E-state index in [1.165, 1.54) is 12.1 Å². The summed E-state index contributed by atoms with van der Waals surface area (Å²) < 4.78 is 45.9. The summed E-state index contributed by atoms with van der Waals surface area (Å²) in [6, 6.07) is 11.4. The normalized spacial score (nSPS) is 17.1. The maximum absolute atomic E-state index is 13.1. The molecule has 0 radical (unpaired) electrons. The molecule has 0 saturated heterocycles. The predicted molar refractivity (Wildman–Crippen MR) is 164 cm³/mol. The molecule has 9 nitrogen and oxygen atoms in total. The molecule has 4 aromatic rings. The summed E-state index contributed by atoms with van der Waals surface area (Å²) in [5.41, 5.74) is 3.10. The number of ether oxygens (including phenoxy) is 1. The molecular weight excluding hydrogens is 571 g/mol. The molecule has 0 bridgehead atoms. The molecule has 1 fully saturated rings. The number of alkyl halides is 3. The lowest BCUT2D eigenvalue weighted by molar-refractivity contribution is -0.137. The third-order valence-corrected chi connectivity index (χ3v) is 8.00. The van der Waals surface area contributed by atoms with Crippen LogP contribution in [0.25, 0.3) is 22.2 Å². The molecule has 1 saturated carbocycles. The second-order valence-electron chi connectivity index (χ2n) is 11.2. The van der Waals surface area contributed by atoms with Gasteiger partial charge in [-0.15, -0.1) is 0 Å². The van der Waals surface area contributed by atoms with Crippen LogP contribution in [0.4, 0.5) is 24.9 Å². The van der Waals surface area contributed by atoms with Crippen LogP contribution in [-0.4, -0.2) is 58.0 Å². The van der Waals surface area contributed by atoms with Crippen LogP contribution in [0.15, 0.2) is 48.7 Å². The second kappa shape index (κ2) is 13.7. The quantitative estimate of drug-likeness (QED) is 0.186. The summed E-state index contributed by atoms with van der Waals surface area (Å²) in [5.74, 6) is 0.491. The Morgan fingerprint density at radius 1 is 1.09 bits per heavy atom. The zero-order valence-corrected chi connectivity index (χ0v) is 25.2. The van der Waals surface area contributed by atoms with Crippen molar-refractivity contribution in [1.82, 2.24) is 25.1 Å². The molecular formula is C32H38F3N7O2. The molecule has 0 atom stereocenters. The van der Waals surface area contributed by atoms with Crippen molar-refractivity contribution in [2.75, 3.05) is 30.9 Å². The first-order chi connectivity index (χ1) is 21.1. The Labute approximate surface area is 254 Å². The number of nitrogens with one attached hydrogen (secondary N) is 3. The van der Waals surface area contributed by atoms with Crippen molar-refractivity contribution in [2.45, 2.75) is 63.7 Å². The number of rotatable bonds is 11. The molecule has 0 unspecified atom stereocenters. The van der Waals surface area contributed by atoms with E-state index in [-0.39, 0.29) is 12.0 Å². The van der Waals surface area contributed by atoms with Gasteiger partial charge in [0.25, 0.3) is 0 Å². The summed E-state index contributed by atoms with van der Waals surface area (Å²) in [6.07, 6.45) is 2.21. The van der Waals surface area contributed by atoms with Crippen LogP contribution < -0.4 is 16.0 Å². The van der Waals surface area contributed by atoms with Crippen molar-refractivity contribution in [3.63, 3.8) is 0 Å². The molecule has 1 aliphatic rings. The minimum atomic E-state index is -4.47. The number of aromatic nitrogens is 4. The molecule has 2 aromatic heterocycles. The average molecular weight is 610 g/mol. The lowest BCUT2D eigenvalue weighted by atomic mass is 9.91. The molecule has 0 aliphatic heterocycles. The van der Waals surface area contributed by atoms with Gasteiger partial charge in [-0.05, 0) is 61.4 Å². The molecule has 5 rings (SSSR count). The highest BCUT2D eigenvalue weighted by atomic mass is 19.4. The summed E-state index contributed by atoms with van der Waals surface area (Å²) in [6.45, 7) is 3.66. The van der Waals surface area contributed by atoms with Crippen LogP contribution >= 0.6 is 0 Å². The van der Waals surface area contributed by atoms with Gasteiger partial charge in [0.1, 0.15) is 0 Å². The summed E-state index contributed by atoms with van der Waals surface area (Å²) in [4.78, 5) is 22.1. The van der Waals surface area contributed by atoms with Crippen LogP contribution in [0.3, 0.4) is 0 Å². The zero-order valence-electron chi connectivity index (χ0n) is 25.2. The highest BCUT2D eigenvalue weighted by molar-refractivity contribution is 5.92. The zero-order chi connectivity index (χ0) is 31.3. The number of aryl methyl sites for hydroxylation is 2. The maximum Gasteiger partial charge on any atom is 0.416 e. The van der Waals surface area contributed by atoms with Crippen molar-refractivity contribution in [1.29, 1.82) is 0 Å². The van der Waals surface area contributed by atoms with Gasteiger partial charge in [-0.25, -0.2) is 9.97 Å². The molecule has 44 heavy (non-hydrogen) atoms. The van der Waals surface area contributed by atoms with E-state index in [0.717, 1.165) is 85.1 Å². The Bertz CT molecular complexity index is 1600. The molecule has 2 heterocycles.